The number of hydrazone groups is 1. The summed E-state index contributed by atoms with van der Waals surface area (Å²) in [6.07, 6.45) is 0.846. The number of nitrogens with zero attached hydrogens (tertiary/aromatic N) is 1. The van der Waals surface area contributed by atoms with Gasteiger partial charge in [-0.15, -0.1) is 0 Å². The van der Waals surface area contributed by atoms with Crippen LogP contribution in [0.1, 0.15) is 18.9 Å². The second-order valence-corrected chi connectivity index (χ2v) is 6.07. The van der Waals surface area contributed by atoms with Crippen molar-refractivity contribution in [1.82, 2.24) is 5.43 Å². The van der Waals surface area contributed by atoms with Crippen LogP contribution in [0, 0.1) is 0 Å². The Morgan fingerprint density at radius 1 is 1.19 bits per heavy atom. The minimum absolute atomic E-state index is 0.179. The third-order valence-corrected chi connectivity index (χ3v) is 4.02. The maximum Gasteiger partial charge on any atom is 0.277 e. The molecule has 1 amide bonds. The highest BCUT2D eigenvalue weighted by Crippen LogP contribution is 2.30. The minimum Gasteiger partial charge on any atom is -0.490 e. The van der Waals surface area contributed by atoms with E-state index in [2.05, 4.69) is 10.5 Å². The van der Waals surface area contributed by atoms with E-state index in [0.717, 1.165) is 17.7 Å². The van der Waals surface area contributed by atoms with Gasteiger partial charge in [-0.1, -0.05) is 23.7 Å². The molecule has 2 aromatic carbocycles. The summed E-state index contributed by atoms with van der Waals surface area (Å²) >= 11 is 5.98. The van der Waals surface area contributed by atoms with Crippen molar-refractivity contribution in [3.8, 4) is 17.2 Å². The second kappa shape index (κ2) is 8.58. The van der Waals surface area contributed by atoms with Crippen molar-refractivity contribution >= 4 is 23.2 Å². The quantitative estimate of drug-likeness (QED) is 0.643. The van der Waals surface area contributed by atoms with Gasteiger partial charge in [0.2, 0.25) is 0 Å². The van der Waals surface area contributed by atoms with Crippen molar-refractivity contribution in [3.05, 3.63) is 53.1 Å². The summed E-state index contributed by atoms with van der Waals surface area (Å²) in [7, 11) is 0. The van der Waals surface area contributed by atoms with E-state index < -0.39 is 0 Å². The number of carbonyl (C=O) groups excluding carboxylic acids is 1. The maximum atomic E-state index is 11.9. The lowest BCUT2D eigenvalue weighted by atomic mass is 10.1. The smallest absolute Gasteiger partial charge is 0.277 e. The van der Waals surface area contributed by atoms with E-state index in [9.17, 15) is 4.79 Å². The Morgan fingerprint density at radius 3 is 2.77 bits per heavy atom. The molecule has 0 aliphatic carbocycles. The van der Waals surface area contributed by atoms with Crippen molar-refractivity contribution in [1.29, 1.82) is 0 Å². The first-order valence-electron chi connectivity index (χ1n) is 8.24. The number of amides is 1. The van der Waals surface area contributed by atoms with Crippen molar-refractivity contribution in [2.24, 2.45) is 5.10 Å². The fraction of sp³-hybridized carbons (Fsp3) is 0.263. The zero-order valence-corrected chi connectivity index (χ0v) is 15.1. The Kier molecular flexibility index (Phi) is 5.96. The van der Waals surface area contributed by atoms with Crippen LogP contribution in [0.4, 0.5) is 0 Å². The molecule has 0 unspecified atom stereocenters. The van der Waals surface area contributed by atoms with Crippen LogP contribution in [0.3, 0.4) is 0 Å². The van der Waals surface area contributed by atoms with Gasteiger partial charge in [0.25, 0.3) is 5.91 Å². The molecule has 3 rings (SSSR count). The molecule has 2 aromatic rings. The van der Waals surface area contributed by atoms with Crippen LogP contribution in [0.5, 0.6) is 17.2 Å². The Labute approximate surface area is 156 Å². The Hall–Kier alpha value is -2.73. The fourth-order valence-corrected chi connectivity index (χ4v) is 2.53. The molecular formula is C19H19ClN2O4. The van der Waals surface area contributed by atoms with E-state index in [4.69, 9.17) is 25.8 Å². The zero-order valence-electron chi connectivity index (χ0n) is 14.3. The highest BCUT2D eigenvalue weighted by molar-refractivity contribution is 6.32. The number of carbonyl (C=O) groups is 1. The number of rotatable bonds is 5. The van der Waals surface area contributed by atoms with Crippen LogP contribution in [0.15, 0.2) is 47.6 Å². The van der Waals surface area contributed by atoms with Crippen LogP contribution in [-0.4, -0.2) is 31.4 Å². The standard InChI is InChI=1S/C19H19ClN2O4/c1-13(14-7-8-17-18(11-14)25-10-4-9-24-17)21-22-19(23)12-26-16-6-3-2-5-15(16)20/h2-3,5-8,11H,4,9-10,12H2,1H3,(H,22,23)/b21-13-. The Bertz CT molecular complexity index is 823. The normalized spacial score (nSPS) is 13.7. The monoisotopic (exact) mass is 374 g/mol. The SMILES string of the molecule is C/C(=N/NC(=O)COc1ccccc1Cl)c1ccc2c(c1)OCCCO2. The number of fused-ring (bicyclic) bond motifs is 1. The van der Waals surface area contributed by atoms with Gasteiger partial charge >= 0.3 is 0 Å². The van der Waals surface area contributed by atoms with Crippen LogP contribution < -0.4 is 19.6 Å². The van der Waals surface area contributed by atoms with E-state index >= 15 is 0 Å². The molecule has 1 heterocycles. The molecule has 0 saturated heterocycles. The van der Waals surface area contributed by atoms with Gasteiger partial charge in [-0.05, 0) is 37.3 Å². The first-order valence-corrected chi connectivity index (χ1v) is 8.62. The van der Waals surface area contributed by atoms with Crippen molar-refractivity contribution in [2.45, 2.75) is 13.3 Å². The van der Waals surface area contributed by atoms with E-state index in [1.165, 1.54) is 0 Å². The lowest BCUT2D eigenvalue weighted by Crippen LogP contribution is -2.25. The number of hydrogen-bond donors (Lipinski definition) is 1. The molecule has 1 aliphatic rings. The third kappa shape index (κ3) is 4.67. The van der Waals surface area contributed by atoms with Crippen LogP contribution >= 0.6 is 11.6 Å². The largest absolute Gasteiger partial charge is 0.490 e. The molecule has 136 valence electrons. The Balaban J connectivity index is 1.58. The van der Waals surface area contributed by atoms with Gasteiger partial charge in [0.15, 0.2) is 18.1 Å². The molecule has 26 heavy (non-hydrogen) atoms. The molecule has 7 heteroatoms. The van der Waals surface area contributed by atoms with Gasteiger partial charge in [-0.3, -0.25) is 4.79 Å². The summed E-state index contributed by atoms with van der Waals surface area (Å²) in [5.41, 5.74) is 3.95. The summed E-state index contributed by atoms with van der Waals surface area (Å²) in [6.45, 7) is 2.87. The summed E-state index contributed by atoms with van der Waals surface area (Å²) in [6, 6.07) is 12.5. The average molecular weight is 375 g/mol. The molecule has 1 aliphatic heterocycles. The summed E-state index contributed by atoms with van der Waals surface area (Å²) in [5, 5.41) is 4.56. The molecule has 0 radical (unpaired) electrons. The van der Waals surface area contributed by atoms with E-state index in [-0.39, 0.29) is 12.5 Å². The van der Waals surface area contributed by atoms with E-state index in [1.54, 1.807) is 31.2 Å². The van der Waals surface area contributed by atoms with Gasteiger partial charge in [0, 0.05) is 12.0 Å². The molecule has 0 fully saturated rings. The topological polar surface area (TPSA) is 69.2 Å². The molecule has 0 spiro atoms. The van der Waals surface area contributed by atoms with Crippen LogP contribution in [0.25, 0.3) is 0 Å². The van der Waals surface area contributed by atoms with Crippen LogP contribution in [-0.2, 0) is 4.79 Å². The Morgan fingerprint density at radius 2 is 1.96 bits per heavy atom. The highest BCUT2D eigenvalue weighted by atomic mass is 35.5. The number of hydrogen-bond acceptors (Lipinski definition) is 5. The van der Waals surface area contributed by atoms with Crippen molar-refractivity contribution < 1.29 is 19.0 Å². The fourth-order valence-electron chi connectivity index (χ4n) is 2.34. The predicted molar refractivity (Wildman–Crippen MR) is 99.3 cm³/mol. The third-order valence-electron chi connectivity index (χ3n) is 3.71. The van der Waals surface area contributed by atoms with Crippen molar-refractivity contribution in [3.63, 3.8) is 0 Å². The van der Waals surface area contributed by atoms with E-state index in [1.807, 2.05) is 18.2 Å². The first kappa shape index (κ1) is 18.1. The van der Waals surface area contributed by atoms with Gasteiger partial charge in [0.1, 0.15) is 5.75 Å². The lowest BCUT2D eigenvalue weighted by molar-refractivity contribution is -0.123. The molecule has 6 nitrogen and oxygen atoms in total. The van der Waals surface area contributed by atoms with E-state index in [0.29, 0.717) is 35.4 Å². The van der Waals surface area contributed by atoms with Gasteiger partial charge < -0.3 is 14.2 Å². The number of ether oxygens (including phenoxy) is 3. The minimum atomic E-state index is -0.376. The number of para-hydroxylation sites is 1. The maximum absolute atomic E-state index is 11.9. The summed E-state index contributed by atoms with van der Waals surface area (Å²) in [4.78, 5) is 11.9. The summed E-state index contributed by atoms with van der Waals surface area (Å²) in [5.74, 6) is 1.48. The first-order chi connectivity index (χ1) is 12.6. The lowest BCUT2D eigenvalue weighted by Gasteiger charge is -2.10. The molecule has 0 atom stereocenters. The molecule has 0 bridgehead atoms. The molecular weight excluding hydrogens is 356 g/mol. The number of halogens is 1. The molecule has 0 saturated carbocycles. The second-order valence-electron chi connectivity index (χ2n) is 5.66. The van der Waals surface area contributed by atoms with Gasteiger partial charge in [0.05, 0.1) is 23.9 Å². The van der Waals surface area contributed by atoms with Gasteiger partial charge in [-0.25, -0.2) is 5.43 Å². The van der Waals surface area contributed by atoms with Gasteiger partial charge in [-0.2, -0.15) is 5.10 Å². The molecule has 0 aromatic heterocycles. The molecule has 1 N–H and O–H groups in total. The van der Waals surface area contributed by atoms with Crippen molar-refractivity contribution in [2.75, 3.05) is 19.8 Å². The predicted octanol–water partition coefficient (Wildman–Crippen LogP) is 3.42. The summed E-state index contributed by atoms with van der Waals surface area (Å²) < 4.78 is 16.6. The zero-order chi connectivity index (χ0) is 18.4. The number of nitrogens with one attached hydrogen (secondary N) is 1. The average Bonchev–Trinajstić information content (AvgIpc) is 2.90. The number of benzene rings is 2. The highest BCUT2D eigenvalue weighted by Gasteiger charge is 2.12. The van der Waals surface area contributed by atoms with Crippen LogP contribution in [0.2, 0.25) is 5.02 Å².